The Morgan fingerprint density at radius 3 is 2.03 bits per heavy atom. The van der Waals surface area contributed by atoms with Gasteiger partial charge in [0.25, 0.3) is 0 Å². The van der Waals surface area contributed by atoms with Crippen molar-refractivity contribution in [2.45, 2.75) is 115 Å². The van der Waals surface area contributed by atoms with Crippen LogP contribution in [0.5, 0.6) is 0 Å². The van der Waals surface area contributed by atoms with E-state index in [1.54, 1.807) is 72.5 Å². The van der Waals surface area contributed by atoms with Gasteiger partial charge in [0.05, 0.1) is 6.04 Å². The fourth-order valence-corrected chi connectivity index (χ4v) is 7.57. The fourth-order valence-electron chi connectivity index (χ4n) is 7.57. The van der Waals surface area contributed by atoms with E-state index in [1.165, 1.54) is 4.90 Å². The average molecular weight is 832 g/mol. The fraction of sp³-hybridized carbons (Fsp3) is 0.523. The summed E-state index contributed by atoms with van der Waals surface area (Å²) in [6.07, 6.45) is 2.96. The lowest BCUT2D eigenvalue weighted by atomic mass is 9.98. The van der Waals surface area contributed by atoms with Gasteiger partial charge in [0.1, 0.15) is 36.9 Å². The maximum atomic E-state index is 13.8. The first-order valence-corrected chi connectivity index (χ1v) is 20.6. The third kappa shape index (κ3) is 12.3. The largest absolute Gasteiger partial charge is 0.461 e. The standard InChI is InChI=1S/C44H57N5O11/c1-29(45-38(51)35-20-12-13-23-47(35)30(2)34-21-14-25-49(34)43(56)60-44(3,4)5)39(52)48-24-15-22-36(48)41(54)57-27-33(46-42(55)59-26-31-16-8-6-9-17-31)40(53)58-28-37(50)32-18-10-7-11-19-32/h6-11,16-19,29,33-36H,2,12-15,20-28H2,1,3-5H3,(H,45,51)(H,46,55)/t29-,33-,34-,35-,36-/m0/s1. The van der Waals surface area contributed by atoms with E-state index in [2.05, 4.69) is 17.2 Å². The Hall–Kier alpha value is -5.93. The van der Waals surface area contributed by atoms with Gasteiger partial charge in [0.2, 0.25) is 11.8 Å². The number of hydrogen-bond acceptors (Lipinski definition) is 12. The van der Waals surface area contributed by atoms with Gasteiger partial charge in [-0.25, -0.2) is 19.2 Å². The Kier molecular flexibility index (Phi) is 15.7. The number of esters is 2. The predicted octanol–water partition coefficient (Wildman–Crippen LogP) is 4.51. The van der Waals surface area contributed by atoms with Crippen LogP contribution in [0.15, 0.2) is 72.9 Å². The van der Waals surface area contributed by atoms with Gasteiger partial charge in [0, 0.05) is 30.9 Å². The van der Waals surface area contributed by atoms with Crippen LogP contribution in [0.25, 0.3) is 0 Å². The van der Waals surface area contributed by atoms with Gasteiger partial charge in [-0.3, -0.25) is 19.3 Å². The molecule has 0 spiro atoms. The lowest BCUT2D eigenvalue weighted by Gasteiger charge is -2.41. The zero-order chi connectivity index (χ0) is 43.4. The highest BCUT2D eigenvalue weighted by Gasteiger charge is 2.42. The maximum Gasteiger partial charge on any atom is 0.410 e. The molecule has 60 heavy (non-hydrogen) atoms. The number of benzene rings is 2. The Morgan fingerprint density at radius 2 is 1.35 bits per heavy atom. The zero-order valence-electron chi connectivity index (χ0n) is 34.9. The van der Waals surface area contributed by atoms with Gasteiger partial charge >= 0.3 is 24.1 Å². The van der Waals surface area contributed by atoms with Gasteiger partial charge in [-0.1, -0.05) is 67.2 Å². The van der Waals surface area contributed by atoms with Crippen molar-refractivity contribution < 1.29 is 52.5 Å². The summed E-state index contributed by atoms with van der Waals surface area (Å²) in [6.45, 7) is 11.2. The first-order valence-electron chi connectivity index (χ1n) is 20.6. The van der Waals surface area contributed by atoms with Crippen LogP contribution in [-0.2, 0) is 44.7 Å². The molecular formula is C44H57N5O11. The molecule has 2 aromatic carbocycles. The first kappa shape index (κ1) is 45.2. The van der Waals surface area contributed by atoms with Crippen molar-refractivity contribution >= 4 is 41.7 Å². The van der Waals surface area contributed by atoms with E-state index in [4.69, 9.17) is 18.9 Å². The van der Waals surface area contributed by atoms with E-state index in [9.17, 15) is 33.6 Å². The number of rotatable bonds is 15. The number of amides is 4. The highest BCUT2D eigenvalue weighted by Crippen LogP contribution is 2.31. The molecule has 0 aromatic heterocycles. The van der Waals surface area contributed by atoms with Gasteiger partial charge in [-0.05, 0) is 78.2 Å². The molecule has 3 saturated heterocycles. The van der Waals surface area contributed by atoms with Crippen molar-refractivity contribution in [2.24, 2.45) is 0 Å². The molecule has 3 aliphatic heterocycles. The highest BCUT2D eigenvalue weighted by molar-refractivity contribution is 5.98. The lowest BCUT2D eigenvalue weighted by molar-refractivity contribution is -0.157. The molecule has 324 valence electrons. The van der Waals surface area contributed by atoms with E-state index >= 15 is 0 Å². The Balaban J connectivity index is 1.18. The summed E-state index contributed by atoms with van der Waals surface area (Å²) < 4.78 is 21.6. The number of likely N-dealkylation sites (tertiary alicyclic amines) is 3. The minimum absolute atomic E-state index is 0.102. The molecule has 0 unspecified atom stereocenters. The molecule has 5 rings (SSSR count). The molecule has 5 atom stereocenters. The van der Waals surface area contributed by atoms with Gasteiger partial charge in [-0.2, -0.15) is 0 Å². The molecule has 3 aliphatic rings. The number of nitrogens with one attached hydrogen (secondary N) is 2. The second kappa shape index (κ2) is 20.9. The molecule has 4 amide bonds. The molecule has 0 bridgehead atoms. The molecule has 0 saturated carbocycles. The number of ketones is 1. The maximum absolute atomic E-state index is 13.8. The molecule has 3 fully saturated rings. The average Bonchev–Trinajstić information content (AvgIpc) is 3.94. The minimum Gasteiger partial charge on any atom is -0.461 e. The molecule has 16 heteroatoms. The lowest BCUT2D eigenvalue weighted by Crippen LogP contribution is -2.56. The van der Waals surface area contributed by atoms with Crippen molar-refractivity contribution in [3.63, 3.8) is 0 Å². The Morgan fingerprint density at radius 1 is 0.733 bits per heavy atom. The summed E-state index contributed by atoms with van der Waals surface area (Å²) in [5.41, 5.74) is 1.01. The van der Waals surface area contributed by atoms with E-state index in [1.807, 2.05) is 25.7 Å². The van der Waals surface area contributed by atoms with Crippen LogP contribution < -0.4 is 10.6 Å². The smallest absolute Gasteiger partial charge is 0.410 e. The van der Waals surface area contributed by atoms with Crippen LogP contribution in [0.2, 0.25) is 0 Å². The number of hydrogen-bond donors (Lipinski definition) is 2. The first-order chi connectivity index (χ1) is 28.6. The number of piperidine rings is 1. The number of carbonyl (C=O) groups is 7. The summed E-state index contributed by atoms with van der Waals surface area (Å²) in [7, 11) is 0. The number of carbonyl (C=O) groups excluding carboxylic acids is 7. The molecule has 2 N–H and O–H groups in total. The number of alkyl carbamates (subject to hydrolysis) is 1. The Labute approximate surface area is 350 Å². The SMILES string of the molecule is C=C([C@@H]1CCCN1C(=O)OC(C)(C)C)N1CCCC[C@H]1C(=O)N[C@@H](C)C(=O)N1CCC[C@H]1C(=O)OC[C@H](NC(=O)OCc1ccccc1)C(=O)OCC(=O)c1ccccc1. The van der Waals surface area contributed by atoms with Crippen LogP contribution in [0.3, 0.4) is 0 Å². The zero-order valence-corrected chi connectivity index (χ0v) is 34.9. The number of nitrogens with zero attached hydrogens (tertiary/aromatic N) is 3. The molecule has 0 radical (unpaired) electrons. The summed E-state index contributed by atoms with van der Waals surface area (Å²) in [5, 5.41) is 5.21. The number of ether oxygens (including phenoxy) is 4. The monoisotopic (exact) mass is 831 g/mol. The number of Topliss-reactive ketones (excluding diaryl/α,β-unsaturated/α-hetero) is 1. The summed E-state index contributed by atoms with van der Waals surface area (Å²) in [4.78, 5) is 97.7. The van der Waals surface area contributed by atoms with Crippen molar-refractivity contribution in [2.75, 3.05) is 32.8 Å². The van der Waals surface area contributed by atoms with Crippen LogP contribution in [0.1, 0.15) is 88.6 Å². The molecular weight excluding hydrogens is 775 g/mol. The quantitative estimate of drug-likeness (QED) is 0.145. The van der Waals surface area contributed by atoms with Crippen LogP contribution in [0, 0.1) is 0 Å². The van der Waals surface area contributed by atoms with Gasteiger partial charge < -0.3 is 39.4 Å². The second-order valence-electron chi connectivity index (χ2n) is 16.2. The highest BCUT2D eigenvalue weighted by atomic mass is 16.6. The van der Waals surface area contributed by atoms with Crippen LogP contribution >= 0.6 is 0 Å². The van der Waals surface area contributed by atoms with E-state index in [0.717, 1.165) is 19.3 Å². The molecule has 2 aromatic rings. The topological polar surface area (TPSA) is 190 Å². The van der Waals surface area contributed by atoms with Gasteiger partial charge in [0.15, 0.2) is 18.4 Å². The van der Waals surface area contributed by atoms with E-state index in [0.29, 0.717) is 49.2 Å². The van der Waals surface area contributed by atoms with E-state index in [-0.39, 0.29) is 31.5 Å². The van der Waals surface area contributed by atoms with E-state index < -0.39 is 78.8 Å². The van der Waals surface area contributed by atoms with Crippen molar-refractivity contribution in [3.8, 4) is 0 Å². The van der Waals surface area contributed by atoms with Crippen LogP contribution in [-0.4, -0.2) is 125 Å². The third-order valence-corrected chi connectivity index (χ3v) is 10.6. The summed E-state index contributed by atoms with van der Waals surface area (Å²) >= 11 is 0. The van der Waals surface area contributed by atoms with Crippen LogP contribution in [0.4, 0.5) is 9.59 Å². The summed E-state index contributed by atoms with van der Waals surface area (Å²) in [5.74, 6) is -3.20. The molecule has 0 aliphatic carbocycles. The third-order valence-electron chi connectivity index (χ3n) is 10.6. The van der Waals surface area contributed by atoms with Crippen molar-refractivity contribution in [1.29, 1.82) is 0 Å². The summed E-state index contributed by atoms with van der Waals surface area (Å²) in [6, 6.07) is 12.5. The minimum atomic E-state index is -1.54. The second-order valence-corrected chi connectivity index (χ2v) is 16.2. The normalized spacial score (nSPS) is 20.0. The molecule has 3 heterocycles. The Bertz CT molecular complexity index is 1870. The van der Waals surface area contributed by atoms with Gasteiger partial charge in [-0.15, -0.1) is 0 Å². The van der Waals surface area contributed by atoms with Crippen molar-refractivity contribution in [1.82, 2.24) is 25.3 Å². The molecule has 16 nitrogen and oxygen atoms in total. The predicted molar refractivity (Wildman–Crippen MR) is 218 cm³/mol. The van der Waals surface area contributed by atoms with Crippen molar-refractivity contribution in [3.05, 3.63) is 84.1 Å².